The molecule has 3 heteroatoms. The van der Waals surface area contributed by atoms with Gasteiger partial charge in [-0.3, -0.25) is 0 Å². The van der Waals surface area contributed by atoms with Crippen LogP contribution in [0.5, 0.6) is 0 Å². The highest BCUT2D eigenvalue weighted by Crippen LogP contribution is 2.11. The largest absolute Gasteiger partial charge is 0.0893 e. The smallest absolute Gasteiger partial charge is 0.0510 e. The predicted octanol–water partition coefficient (Wildman–Crippen LogP) is 4.09. The van der Waals surface area contributed by atoms with Crippen molar-refractivity contribution in [3.8, 4) is 0 Å². The van der Waals surface area contributed by atoms with E-state index in [2.05, 4.69) is 36.0 Å². The molecule has 1 rings (SSSR count). The Bertz CT molecular complexity index is 334. The number of hydrogen-bond acceptors (Lipinski definition) is 1. The minimum absolute atomic E-state index is 0.445. The first kappa shape index (κ1) is 11.6. The lowest BCUT2D eigenvalue weighted by Gasteiger charge is -2.05. The van der Waals surface area contributed by atoms with Crippen molar-refractivity contribution in [1.29, 1.82) is 0 Å². The summed E-state index contributed by atoms with van der Waals surface area (Å²) < 4.78 is 0. The SMILES string of the molecule is CC(C)CCc1ccc(CN=[N+]=[N-])cc1. The van der Waals surface area contributed by atoms with Gasteiger partial charge in [0.25, 0.3) is 0 Å². The van der Waals surface area contributed by atoms with Gasteiger partial charge in [-0.25, -0.2) is 0 Å². The Morgan fingerprint density at radius 3 is 2.33 bits per heavy atom. The molecule has 1 aromatic rings. The molecule has 0 N–H and O–H groups in total. The molecule has 0 radical (unpaired) electrons. The molecule has 0 atom stereocenters. The molecule has 0 unspecified atom stereocenters. The topological polar surface area (TPSA) is 48.8 Å². The van der Waals surface area contributed by atoms with Crippen LogP contribution in [0.25, 0.3) is 10.4 Å². The van der Waals surface area contributed by atoms with E-state index >= 15 is 0 Å². The standard InChI is InChI=1S/C12H17N3/c1-10(2)3-4-11-5-7-12(8-6-11)9-14-15-13/h5-8,10H,3-4,9H2,1-2H3. The van der Waals surface area contributed by atoms with Crippen LogP contribution in [-0.2, 0) is 13.0 Å². The van der Waals surface area contributed by atoms with Gasteiger partial charge in [-0.15, -0.1) is 0 Å². The first-order valence-electron chi connectivity index (χ1n) is 5.31. The summed E-state index contributed by atoms with van der Waals surface area (Å²) in [6, 6.07) is 8.30. The molecule has 0 saturated heterocycles. The Labute approximate surface area is 90.8 Å². The predicted molar refractivity (Wildman–Crippen MR) is 62.5 cm³/mol. The molecule has 0 aromatic heterocycles. The zero-order valence-electron chi connectivity index (χ0n) is 9.35. The highest BCUT2D eigenvalue weighted by molar-refractivity contribution is 5.22. The van der Waals surface area contributed by atoms with Gasteiger partial charge in [-0.2, -0.15) is 0 Å². The van der Waals surface area contributed by atoms with Crippen LogP contribution in [0.1, 0.15) is 31.4 Å². The van der Waals surface area contributed by atoms with Crippen molar-refractivity contribution in [1.82, 2.24) is 0 Å². The Morgan fingerprint density at radius 2 is 1.80 bits per heavy atom. The summed E-state index contributed by atoms with van der Waals surface area (Å²) in [6.07, 6.45) is 2.34. The molecule has 0 aliphatic carbocycles. The van der Waals surface area contributed by atoms with Gasteiger partial charge in [0.05, 0.1) is 6.54 Å². The lowest BCUT2D eigenvalue weighted by atomic mass is 10.0. The van der Waals surface area contributed by atoms with Crippen molar-refractivity contribution in [2.75, 3.05) is 0 Å². The molecule has 80 valence electrons. The molecule has 0 spiro atoms. The Kier molecular flexibility index (Phi) is 4.72. The molecule has 0 bridgehead atoms. The normalized spacial score (nSPS) is 10.1. The van der Waals surface area contributed by atoms with E-state index in [0.717, 1.165) is 17.9 Å². The lowest BCUT2D eigenvalue weighted by molar-refractivity contribution is 0.586. The Hall–Kier alpha value is -1.47. The molecule has 15 heavy (non-hydrogen) atoms. The summed E-state index contributed by atoms with van der Waals surface area (Å²) in [5.74, 6) is 0.743. The molecule has 0 aliphatic heterocycles. The van der Waals surface area contributed by atoms with Gasteiger partial charge >= 0.3 is 0 Å². The quantitative estimate of drug-likeness (QED) is 0.393. The van der Waals surface area contributed by atoms with Gasteiger partial charge < -0.3 is 0 Å². The second-order valence-corrected chi connectivity index (χ2v) is 4.14. The van der Waals surface area contributed by atoms with Crippen molar-refractivity contribution >= 4 is 0 Å². The maximum Gasteiger partial charge on any atom is 0.0510 e. The third kappa shape index (κ3) is 4.52. The van der Waals surface area contributed by atoms with Crippen LogP contribution < -0.4 is 0 Å². The van der Waals surface area contributed by atoms with Crippen LogP contribution >= 0.6 is 0 Å². The van der Waals surface area contributed by atoms with E-state index in [-0.39, 0.29) is 0 Å². The summed E-state index contributed by atoms with van der Waals surface area (Å²) in [5.41, 5.74) is 10.6. The molecule has 1 aromatic carbocycles. The van der Waals surface area contributed by atoms with Crippen molar-refractivity contribution in [2.45, 2.75) is 33.2 Å². The van der Waals surface area contributed by atoms with Gasteiger partial charge in [0.2, 0.25) is 0 Å². The first-order chi connectivity index (χ1) is 7.22. The average molecular weight is 203 g/mol. The number of hydrogen-bond donors (Lipinski definition) is 0. The molecule has 0 amide bonds. The Balaban J connectivity index is 2.52. The van der Waals surface area contributed by atoms with Gasteiger partial charge in [-0.05, 0) is 35.4 Å². The Morgan fingerprint density at radius 1 is 1.20 bits per heavy atom. The van der Waals surface area contributed by atoms with Crippen LogP contribution in [0.15, 0.2) is 29.4 Å². The summed E-state index contributed by atoms with van der Waals surface area (Å²) in [4.78, 5) is 2.74. The number of aryl methyl sites for hydroxylation is 1. The first-order valence-corrected chi connectivity index (χ1v) is 5.31. The lowest BCUT2D eigenvalue weighted by Crippen LogP contribution is -1.92. The highest BCUT2D eigenvalue weighted by Gasteiger charge is 1.97. The van der Waals surface area contributed by atoms with Crippen LogP contribution in [0.2, 0.25) is 0 Å². The van der Waals surface area contributed by atoms with Crippen LogP contribution in [0.3, 0.4) is 0 Å². The van der Waals surface area contributed by atoms with E-state index < -0.39 is 0 Å². The molecule has 0 heterocycles. The molecule has 3 nitrogen and oxygen atoms in total. The molecule has 0 aliphatic rings. The van der Waals surface area contributed by atoms with E-state index in [4.69, 9.17) is 5.53 Å². The zero-order chi connectivity index (χ0) is 11.1. The van der Waals surface area contributed by atoms with Crippen LogP contribution in [-0.4, -0.2) is 0 Å². The number of rotatable bonds is 5. The fraction of sp³-hybridized carbons (Fsp3) is 0.500. The monoisotopic (exact) mass is 203 g/mol. The fourth-order valence-corrected chi connectivity index (χ4v) is 1.38. The third-order valence-electron chi connectivity index (χ3n) is 2.35. The van der Waals surface area contributed by atoms with E-state index in [0.29, 0.717) is 6.54 Å². The van der Waals surface area contributed by atoms with Crippen LogP contribution in [0, 0.1) is 5.92 Å². The van der Waals surface area contributed by atoms with E-state index in [9.17, 15) is 0 Å². The zero-order valence-corrected chi connectivity index (χ0v) is 9.35. The second kappa shape index (κ2) is 6.10. The molecular weight excluding hydrogens is 186 g/mol. The fourth-order valence-electron chi connectivity index (χ4n) is 1.38. The van der Waals surface area contributed by atoms with Crippen molar-refractivity contribution in [3.63, 3.8) is 0 Å². The summed E-state index contributed by atoms with van der Waals surface area (Å²) in [6.45, 7) is 4.91. The molecule has 0 fully saturated rings. The number of azide groups is 1. The molecule has 0 saturated carbocycles. The summed E-state index contributed by atoms with van der Waals surface area (Å²) >= 11 is 0. The van der Waals surface area contributed by atoms with Crippen molar-refractivity contribution in [2.24, 2.45) is 11.0 Å². The highest BCUT2D eigenvalue weighted by atomic mass is 15.1. The second-order valence-electron chi connectivity index (χ2n) is 4.14. The number of nitrogens with zero attached hydrogens (tertiary/aromatic N) is 3. The van der Waals surface area contributed by atoms with Gasteiger partial charge in [0, 0.05) is 4.91 Å². The van der Waals surface area contributed by atoms with Crippen molar-refractivity contribution < 1.29 is 0 Å². The van der Waals surface area contributed by atoms with E-state index in [1.807, 2.05) is 12.1 Å². The minimum Gasteiger partial charge on any atom is -0.0893 e. The van der Waals surface area contributed by atoms with E-state index in [1.54, 1.807) is 0 Å². The van der Waals surface area contributed by atoms with Crippen LogP contribution in [0.4, 0.5) is 0 Å². The van der Waals surface area contributed by atoms with Gasteiger partial charge in [0.15, 0.2) is 0 Å². The maximum absolute atomic E-state index is 8.19. The van der Waals surface area contributed by atoms with Gasteiger partial charge in [0.1, 0.15) is 0 Å². The number of benzene rings is 1. The summed E-state index contributed by atoms with van der Waals surface area (Å²) in [7, 11) is 0. The average Bonchev–Trinajstić information content (AvgIpc) is 2.25. The van der Waals surface area contributed by atoms with E-state index in [1.165, 1.54) is 12.0 Å². The third-order valence-corrected chi connectivity index (χ3v) is 2.35. The maximum atomic E-state index is 8.19. The molecular formula is C12H17N3. The van der Waals surface area contributed by atoms with Gasteiger partial charge in [-0.1, -0.05) is 43.2 Å². The van der Waals surface area contributed by atoms with Crippen molar-refractivity contribution in [3.05, 3.63) is 45.8 Å². The summed E-state index contributed by atoms with van der Waals surface area (Å²) in [5, 5.41) is 3.53. The minimum atomic E-state index is 0.445.